The van der Waals surface area contributed by atoms with Gasteiger partial charge in [0.2, 0.25) is 5.95 Å². The summed E-state index contributed by atoms with van der Waals surface area (Å²) < 4.78 is 7.14. The van der Waals surface area contributed by atoms with Crippen molar-refractivity contribution in [1.29, 1.82) is 0 Å². The Hall–Kier alpha value is -2.86. The summed E-state index contributed by atoms with van der Waals surface area (Å²) in [6.07, 6.45) is 0.808. The van der Waals surface area contributed by atoms with Crippen molar-refractivity contribution in [3.8, 4) is 0 Å². The maximum Gasteiger partial charge on any atom is 0.251 e. The van der Waals surface area contributed by atoms with Crippen LogP contribution in [0.15, 0.2) is 48.5 Å². The number of nitrogens with one attached hydrogen (secondary N) is 2. The highest BCUT2D eigenvalue weighted by Crippen LogP contribution is 2.20. The molecule has 0 saturated carbocycles. The van der Waals surface area contributed by atoms with Crippen LogP contribution in [0.4, 0.5) is 5.95 Å². The van der Waals surface area contributed by atoms with E-state index in [0.29, 0.717) is 25.3 Å². The third-order valence-corrected chi connectivity index (χ3v) is 4.45. The van der Waals surface area contributed by atoms with Crippen LogP contribution in [-0.4, -0.2) is 35.7 Å². The monoisotopic (exact) mass is 366 g/mol. The van der Waals surface area contributed by atoms with Crippen LogP contribution in [0.25, 0.3) is 11.0 Å². The van der Waals surface area contributed by atoms with Gasteiger partial charge in [-0.15, -0.1) is 0 Å². The van der Waals surface area contributed by atoms with E-state index in [4.69, 9.17) is 4.74 Å². The Kier molecular flexibility index (Phi) is 6.44. The largest absolute Gasteiger partial charge is 0.385 e. The zero-order valence-corrected chi connectivity index (χ0v) is 15.9. The average molecular weight is 366 g/mol. The first-order valence-electron chi connectivity index (χ1n) is 9.28. The summed E-state index contributed by atoms with van der Waals surface area (Å²) in [6.45, 7) is 4.88. The Morgan fingerprint density at radius 3 is 2.67 bits per heavy atom. The molecule has 142 valence electrons. The normalized spacial score (nSPS) is 10.9. The Bertz CT molecular complexity index is 887. The highest BCUT2D eigenvalue weighted by atomic mass is 16.5. The number of hydrogen-bond acceptors (Lipinski definition) is 4. The minimum Gasteiger partial charge on any atom is -0.385 e. The zero-order chi connectivity index (χ0) is 19.1. The van der Waals surface area contributed by atoms with Gasteiger partial charge in [0, 0.05) is 38.9 Å². The van der Waals surface area contributed by atoms with Gasteiger partial charge in [-0.1, -0.05) is 24.3 Å². The number of carbonyl (C=O) groups excluding carboxylic acids is 1. The molecule has 0 fully saturated rings. The quantitative estimate of drug-likeness (QED) is 0.569. The molecule has 0 radical (unpaired) electrons. The summed E-state index contributed by atoms with van der Waals surface area (Å²) in [5, 5.41) is 6.30. The number of imidazole rings is 1. The van der Waals surface area contributed by atoms with Crippen molar-refractivity contribution in [1.82, 2.24) is 14.9 Å². The number of methoxy groups -OCH3 is 1. The van der Waals surface area contributed by atoms with E-state index in [-0.39, 0.29) is 5.91 Å². The lowest BCUT2D eigenvalue weighted by Crippen LogP contribution is -2.25. The van der Waals surface area contributed by atoms with E-state index in [1.165, 1.54) is 0 Å². The van der Waals surface area contributed by atoms with Gasteiger partial charge in [-0.05, 0) is 43.2 Å². The molecule has 0 unspecified atom stereocenters. The summed E-state index contributed by atoms with van der Waals surface area (Å²) in [5.41, 5.74) is 3.88. The number of nitrogens with zero attached hydrogens (tertiary/aromatic N) is 2. The maximum absolute atomic E-state index is 12.1. The number of hydrogen-bond donors (Lipinski definition) is 2. The van der Waals surface area contributed by atoms with E-state index < -0.39 is 0 Å². The van der Waals surface area contributed by atoms with Crippen molar-refractivity contribution in [2.75, 3.05) is 25.6 Å². The Morgan fingerprint density at radius 1 is 1.15 bits per heavy atom. The lowest BCUT2D eigenvalue weighted by molar-refractivity contribution is 0.0948. The molecule has 3 rings (SSSR count). The highest BCUT2D eigenvalue weighted by molar-refractivity contribution is 5.94. The molecule has 6 nitrogen and oxygen atoms in total. The lowest BCUT2D eigenvalue weighted by atomic mass is 10.1. The van der Waals surface area contributed by atoms with E-state index in [1.54, 1.807) is 7.11 Å². The first-order valence-corrected chi connectivity index (χ1v) is 9.28. The van der Waals surface area contributed by atoms with Gasteiger partial charge < -0.3 is 19.9 Å². The third kappa shape index (κ3) is 4.65. The molecule has 0 aliphatic heterocycles. The van der Waals surface area contributed by atoms with Crippen molar-refractivity contribution < 1.29 is 9.53 Å². The first kappa shape index (κ1) is 18.9. The topological polar surface area (TPSA) is 68.2 Å². The number of para-hydroxylation sites is 2. The molecular weight excluding hydrogens is 340 g/mol. The molecule has 0 saturated heterocycles. The van der Waals surface area contributed by atoms with Gasteiger partial charge >= 0.3 is 0 Å². The molecule has 6 heteroatoms. The molecule has 1 heterocycles. The predicted octanol–water partition coefficient (Wildman–Crippen LogP) is 3.43. The van der Waals surface area contributed by atoms with Crippen molar-refractivity contribution in [3.63, 3.8) is 0 Å². The summed E-state index contributed by atoms with van der Waals surface area (Å²) in [7, 11) is 1.66. The number of fused-ring (bicyclic) bond motifs is 1. The van der Waals surface area contributed by atoms with Crippen LogP contribution >= 0.6 is 0 Å². The fraction of sp³-hybridized carbons (Fsp3) is 0.333. The molecule has 1 amide bonds. The summed E-state index contributed by atoms with van der Waals surface area (Å²) in [4.78, 5) is 16.8. The second-order valence-corrected chi connectivity index (χ2v) is 6.32. The molecule has 0 aliphatic rings. The minimum absolute atomic E-state index is 0.0570. The van der Waals surface area contributed by atoms with Gasteiger partial charge in [-0.2, -0.15) is 0 Å². The fourth-order valence-corrected chi connectivity index (χ4v) is 3.01. The minimum atomic E-state index is -0.0570. The Labute approximate surface area is 159 Å². The molecular formula is C21H26N4O2. The van der Waals surface area contributed by atoms with Crippen molar-refractivity contribution >= 4 is 22.9 Å². The molecule has 0 aliphatic carbocycles. The van der Waals surface area contributed by atoms with Crippen LogP contribution in [0.5, 0.6) is 0 Å². The highest BCUT2D eigenvalue weighted by Gasteiger charge is 2.09. The van der Waals surface area contributed by atoms with Crippen molar-refractivity contribution in [2.45, 2.75) is 26.4 Å². The average Bonchev–Trinajstić information content (AvgIpc) is 3.07. The number of rotatable bonds is 9. The molecule has 27 heavy (non-hydrogen) atoms. The smallest absolute Gasteiger partial charge is 0.251 e. The molecule has 0 atom stereocenters. The number of aromatic nitrogens is 2. The number of carbonyl (C=O) groups is 1. The van der Waals surface area contributed by atoms with Crippen LogP contribution in [0.1, 0.15) is 29.3 Å². The first-order chi connectivity index (χ1) is 13.2. The summed E-state index contributed by atoms with van der Waals surface area (Å²) >= 11 is 0. The summed E-state index contributed by atoms with van der Waals surface area (Å²) in [6, 6.07) is 15.8. The number of aryl methyl sites for hydroxylation is 1. The number of amides is 1. The molecule has 0 bridgehead atoms. The molecule has 2 aromatic carbocycles. The van der Waals surface area contributed by atoms with Crippen LogP contribution < -0.4 is 10.6 Å². The second-order valence-electron chi connectivity index (χ2n) is 6.32. The van der Waals surface area contributed by atoms with Crippen LogP contribution in [0.3, 0.4) is 0 Å². The number of ether oxygens (including phenoxy) is 1. The SMILES string of the molecule is CCn1c(NCc2ccc(C(=O)NCCCOC)cc2)nc2ccccc21. The fourth-order valence-electron chi connectivity index (χ4n) is 3.01. The Balaban J connectivity index is 1.60. The molecule has 2 N–H and O–H groups in total. The van der Waals surface area contributed by atoms with Gasteiger partial charge in [0.05, 0.1) is 11.0 Å². The molecule has 3 aromatic rings. The lowest BCUT2D eigenvalue weighted by Gasteiger charge is -2.09. The van der Waals surface area contributed by atoms with Gasteiger partial charge in [0.25, 0.3) is 5.91 Å². The van der Waals surface area contributed by atoms with Crippen LogP contribution in [0.2, 0.25) is 0 Å². The van der Waals surface area contributed by atoms with Gasteiger partial charge in [-0.3, -0.25) is 4.79 Å². The van der Waals surface area contributed by atoms with Gasteiger partial charge in [-0.25, -0.2) is 4.98 Å². The van der Waals surface area contributed by atoms with E-state index in [9.17, 15) is 4.79 Å². The third-order valence-electron chi connectivity index (χ3n) is 4.45. The number of anilines is 1. The van der Waals surface area contributed by atoms with Gasteiger partial charge in [0.1, 0.15) is 0 Å². The van der Waals surface area contributed by atoms with E-state index in [0.717, 1.165) is 35.5 Å². The van der Waals surface area contributed by atoms with Crippen LogP contribution in [-0.2, 0) is 17.8 Å². The van der Waals surface area contributed by atoms with Gasteiger partial charge in [0.15, 0.2) is 0 Å². The van der Waals surface area contributed by atoms with E-state index in [2.05, 4.69) is 33.2 Å². The molecule has 0 spiro atoms. The Morgan fingerprint density at radius 2 is 1.93 bits per heavy atom. The second kappa shape index (κ2) is 9.19. The summed E-state index contributed by atoms with van der Waals surface area (Å²) in [5.74, 6) is 0.803. The maximum atomic E-state index is 12.1. The zero-order valence-electron chi connectivity index (χ0n) is 15.9. The van der Waals surface area contributed by atoms with Crippen molar-refractivity contribution in [3.05, 3.63) is 59.7 Å². The predicted molar refractivity (Wildman–Crippen MR) is 108 cm³/mol. The van der Waals surface area contributed by atoms with E-state index in [1.807, 2.05) is 42.5 Å². The van der Waals surface area contributed by atoms with E-state index >= 15 is 0 Å². The van der Waals surface area contributed by atoms with Crippen LogP contribution in [0, 0.1) is 0 Å². The van der Waals surface area contributed by atoms with Crippen molar-refractivity contribution in [2.24, 2.45) is 0 Å². The standard InChI is InChI=1S/C21H26N4O2/c1-3-25-19-8-5-4-7-18(19)24-21(25)23-15-16-9-11-17(12-10-16)20(26)22-13-6-14-27-2/h4-5,7-12H,3,6,13-15H2,1-2H3,(H,22,26)(H,23,24). The number of benzene rings is 2. The molecule has 1 aromatic heterocycles.